The van der Waals surface area contributed by atoms with Gasteiger partial charge in [0.2, 0.25) is 0 Å². The first-order valence-electron chi connectivity index (χ1n) is 7.78. The largest absolute Gasteiger partial charge is 0.352 e. The van der Waals surface area contributed by atoms with Crippen LogP contribution >= 0.6 is 0 Å². The van der Waals surface area contributed by atoms with Crippen LogP contribution in [-0.4, -0.2) is 44.7 Å². The fraction of sp³-hybridized carbons (Fsp3) is 0.467. The van der Waals surface area contributed by atoms with Crippen LogP contribution in [0, 0.1) is 5.92 Å². The predicted octanol–water partition coefficient (Wildman–Crippen LogP) is 0.283. The van der Waals surface area contributed by atoms with Crippen LogP contribution in [0.1, 0.15) is 30.6 Å². The predicted molar refractivity (Wildman–Crippen MR) is 84.8 cm³/mol. The lowest BCUT2D eigenvalue weighted by atomic mass is 9.93. The van der Waals surface area contributed by atoms with Crippen LogP contribution in [0.2, 0.25) is 0 Å². The number of hydrazine groups is 1. The molecule has 1 aliphatic heterocycles. The molecule has 122 valence electrons. The molecule has 1 saturated heterocycles. The van der Waals surface area contributed by atoms with E-state index in [0.717, 1.165) is 12.1 Å². The minimum absolute atomic E-state index is 0.0841. The van der Waals surface area contributed by atoms with Gasteiger partial charge in [-0.25, -0.2) is 4.68 Å². The lowest BCUT2D eigenvalue weighted by Gasteiger charge is -2.17. The van der Waals surface area contributed by atoms with E-state index in [0.29, 0.717) is 30.1 Å². The maximum absolute atomic E-state index is 12.3. The van der Waals surface area contributed by atoms with Gasteiger partial charge in [0.25, 0.3) is 5.91 Å². The zero-order valence-electron chi connectivity index (χ0n) is 13.2. The monoisotopic (exact) mass is 315 g/mol. The lowest BCUT2D eigenvalue weighted by Crippen LogP contribution is -2.31. The van der Waals surface area contributed by atoms with E-state index < -0.39 is 0 Å². The van der Waals surface area contributed by atoms with Crippen molar-refractivity contribution in [2.75, 3.05) is 6.54 Å². The Bertz CT molecular complexity index is 648. The Morgan fingerprint density at radius 2 is 2.09 bits per heavy atom. The van der Waals surface area contributed by atoms with Gasteiger partial charge in [-0.05, 0) is 54.8 Å². The van der Waals surface area contributed by atoms with Crippen molar-refractivity contribution in [2.24, 2.45) is 5.92 Å². The summed E-state index contributed by atoms with van der Waals surface area (Å²) in [5, 5.41) is 14.0. The van der Waals surface area contributed by atoms with Crippen molar-refractivity contribution < 1.29 is 4.79 Å². The molecule has 1 fully saturated rings. The Kier molecular flexibility index (Phi) is 4.63. The summed E-state index contributed by atoms with van der Waals surface area (Å²) in [5.74, 6) is 0.419. The summed E-state index contributed by atoms with van der Waals surface area (Å²) >= 11 is 0. The molecule has 1 aromatic heterocycles. The molecular weight excluding hydrogens is 294 g/mol. The molecule has 8 nitrogen and oxygen atoms in total. The number of amides is 1. The molecule has 1 amide bonds. The highest BCUT2D eigenvalue weighted by Gasteiger charge is 2.29. The van der Waals surface area contributed by atoms with Gasteiger partial charge in [0.05, 0.1) is 5.69 Å². The molecule has 3 N–H and O–H groups in total. The first-order chi connectivity index (χ1) is 11.1. The first-order valence-corrected chi connectivity index (χ1v) is 7.78. The molecule has 8 heteroatoms. The van der Waals surface area contributed by atoms with Crippen molar-refractivity contribution in [3.8, 4) is 5.69 Å². The van der Waals surface area contributed by atoms with Gasteiger partial charge in [-0.3, -0.25) is 15.6 Å². The smallest absolute Gasteiger partial charge is 0.251 e. The van der Waals surface area contributed by atoms with E-state index in [1.807, 2.05) is 12.1 Å². The van der Waals surface area contributed by atoms with E-state index in [4.69, 9.17) is 0 Å². The summed E-state index contributed by atoms with van der Waals surface area (Å²) in [6.45, 7) is 4.95. The van der Waals surface area contributed by atoms with E-state index in [-0.39, 0.29) is 5.91 Å². The number of nitrogens with zero attached hydrogens (tertiary/aromatic N) is 4. The molecule has 2 heterocycles. The summed E-state index contributed by atoms with van der Waals surface area (Å²) in [6.07, 6.45) is 2.43. The highest BCUT2D eigenvalue weighted by Crippen LogP contribution is 2.17. The summed E-state index contributed by atoms with van der Waals surface area (Å²) in [5.41, 5.74) is 7.81. The second-order valence-electron chi connectivity index (χ2n) is 5.88. The maximum Gasteiger partial charge on any atom is 0.251 e. The third-order valence-electron chi connectivity index (χ3n) is 4.31. The first kappa shape index (κ1) is 15.6. The van der Waals surface area contributed by atoms with E-state index in [9.17, 15) is 4.79 Å². The van der Waals surface area contributed by atoms with Gasteiger partial charge in [0, 0.05) is 24.2 Å². The van der Waals surface area contributed by atoms with Gasteiger partial charge in [-0.1, -0.05) is 6.07 Å². The molecule has 0 spiro atoms. The van der Waals surface area contributed by atoms with Crippen molar-refractivity contribution in [1.82, 2.24) is 36.4 Å². The standard InChI is InChI=1S/C15H21N7O/c1-10-14(11(2)19-18-10)6-7-16-15(23)12-4-3-5-13(8-12)22-9-17-20-21-22/h3-5,8-11,14,18-19H,6-7H2,1-2H3,(H,16,23). The number of nitrogens with one attached hydrogen (secondary N) is 3. The second kappa shape index (κ2) is 6.84. The van der Waals surface area contributed by atoms with Gasteiger partial charge < -0.3 is 5.32 Å². The number of hydrogen-bond acceptors (Lipinski definition) is 6. The van der Waals surface area contributed by atoms with Crippen molar-refractivity contribution in [3.05, 3.63) is 36.2 Å². The average molecular weight is 315 g/mol. The summed E-state index contributed by atoms with van der Waals surface area (Å²) in [4.78, 5) is 12.3. The van der Waals surface area contributed by atoms with Crippen LogP contribution in [0.5, 0.6) is 0 Å². The SMILES string of the molecule is CC1NNC(C)C1CCNC(=O)c1cccc(-n2cnnn2)c1. The number of hydrogen-bond donors (Lipinski definition) is 3. The molecule has 1 aliphatic rings. The van der Waals surface area contributed by atoms with Gasteiger partial charge in [0.15, 0.2) is 0 Å². The van der Waals surface area contributed by atoms with Crippen molar-refractivity contribution in [1.29, 1.82) is 0 Å². The van der Waals surface area contributed by atoms with Crippen molar-refractivity contribution in [2.45, 2.75) is 32.4 Å². The van der Waals surface area contributed by atoms with Crippen LogP contribution in [0.3, 0.4) is 0 Å². The molecule has 0 bridgehead atoms. The molecule has 0 radical (unpaired) electrons. The van der Waals surface area contributed by atoms with Crippen LogP contribution in [0.4, 0.5) is 0 Å². The number of carbonyl (C=O) groups is 1. The number of rotatable bonds is 5. The molecule has 0 aliphatic carbocycles. The quantitative estimate of drug-likeness (QED) is 0.733. The highest BCUT2D eigenvalue weighted by atomic mass is 16.1. The molecule has 1 aromatic carbocycles. The zero-order valence-corrected chi connectivity index (χ0v) is 13.2. The number of tetrazole rings is 1. The van der Waals surface area contributed by atoms with Crippen molar-refractivity contribution in [3.63, 3.8) is 0 Å². The molecule has 23 heavy (non-hydrogen) atoms. The fourth-order valence-electron chi connectivity index (χ4n) is 2.93. The topological polar surface area (TPSA) is 96.8 Å². The van der Waals surface area contributed by atoms with Crippen molar-refractivity contribution >= 4 is 5.91 Å². The van der Waals surface area contributed by atoms with E-state index >= 15 is 0 Å². The van der Waals surface area contributed by atoms with Crippen LogP contribution in [-0.2, 0) is 0 Å². The van der Waals surface area contributed by atoms with E-state index in [1.165, 1.54) is 11.0 Å². The number of benzene rings is 1. The van der Waals surface area contributed by atoms with E-state index in [1.54, 1.807) is 12.1 Å². The summed E-state index contributed by atoms with van der Waals surface area (Å²) in [6, 6.07) is 8.05. The molecule has 2 aromatic rings. The Labute approximate surface area is 134 Å². The normalized spacial score (nSPS) is 23.8. The maximum atomic E-state index is 12.3. The minimum atomic E-state index is -0.0841. The van der Waals surface area contributed by atoms with Crippen LogP contribution in [0.15, 0.2) is 30.6 Å². The van der Waals surface area contributed by atoms with Crippen LogP contribution in [0.25, 0.3) is 5.69 Å². The summed E-state index contributed by atoms with van der Waals surface area (Å²) in [7, 11) is 0. The lowest BCUT2D eigenvalue weighted by molar-refractivity contribution is 0.0950. The van der Waals surface area contributed by atoms with E-state index in [2.05, 4.69) is 45.5 Å². The number of carbonyl (C=O) groups excluding carboxylic acids is 1. The third-order valence-corrected chi connectivity index (χ3v) is 4.31. The van der Waals surface area contributed by atoms with Gasteiger partial charge >= 0.3 is 0 Å². The third kappa shape index (κ3) is 3.54. The van der Waals surface area contributed by atoms with Gasteiger partial charge in [-0.15, -0.1) is 5.10 Å². The average Bonchev–Trinajstić information content (AvgIpc) is 3.20. The summed E-state index contributed by atoms with van der Waals surface area (Å²) < 4.78 is 1.52. The molecule has 3 rings (SSSR count). The van der Waals surface area contributed by atoms with Gasteiger partial charge in [0.1, 0.15) is 6.33 Å². The fourth-order valence-corrected chi connectivity index (χ4v) is 2.93. The second-order valence-corrected chi connectivity index (χ2v) is 5.88. The number of aromatic nitrogens is 4. The van der Waals surface area contributed by atoms with Crippen LogP contribution < -0.4 is 16.2 Å². The molecule has 2 atom stereocenters. The Morgan fingerprint density at radius 1 is 1.30 bits per heavy atom. The minimum Gasteiger partial charge on any atom is -0.352 e. The molecule has 0 saturated carbocycles. The zero-order chi connectivity index (χ0) is 16.2. The highest BCUT2D eigenvalue weighted by molar-refractivity contribution is 5.94. The Hall–Kier alpha value is -2.32. The van der Waals surface area contributed by atoms with Gasteiger partial charge in [-0.2, -0.15) is 0 Å². The Morgan fingerprint density at radius 3 is 2.78 bits per heavy atom. The molecular formula is C15H21N7O. The Balaban J connectivity index is 1.57. The molecule has 2 unspecified atom stereocenters.